The number of allylic oxidation sites excluding steroid dienone is 14. The molecule has 0 N–H and O–H groups in total. The number of ether oxygens (including phenoxy) is 3. The maximum absolute atomic E-state index is 12.9. The molecule has 0 aliphatic rings. The highest BCUT2D eigenvalue weighted by Crippen LogP contribution is 2.17. The van der Waals surface area contributed by atoms with Gasteiger partial charge in [-0.2, -0.15) is 0 Å². The lowest BCUT2D eigenvalue weighted by molar-refractivity contribution is -0.167. The van der Waals surface area contributed by atoms with E-state index < -0.39 is 6.10 Å². The van der Waals surface area contributed by atoms with Crippen LogP contribution >= 0.6 is 0 Å². The van der Waals surface area contributed by atoms with Crippen LogP contribution in [0.25, 0.3) is 0 Å². The lowest BCUT2D eigenvalue weighted by Crippen LogP contribution is -2.30. The summed E-state index contributed by atoms with van der Waals surface area (Å²) in [5.74, 6) is -0.871. The standard InChI is InChI=1S/C72H126O6/c1-4-7-10-13-16-19-22-24-26-28-29-30-31-32-33-34-35-36-37-38-39-40-41-42-43-45-46-48-50-53-56-59-62-65-71(74)77-68-69(67-76-70(73)64-61-58-55-52-21-18-15-12-9-6-3)78-72(75)66-63-60-57-54-51-49-47-44-27-25-23-20-17-14-11-8-5-2/h7-8,10-11,16-17,19-20,24-27,29-30,69H,4-6,9,12-15,18,21-23,28,31-68H2,1-3H3/b10-7-,11-8-,19-16-,20-17-,26-24-,27-25-,30-29-. The molecule has 0 saturated carbocycles. The molecule has 0 aromatic heterocycles. The number of carbonyl (C=O) groups is 3. The summed E-state index contributed by atoms with van der Waals surface area (Å²) in [5.41, 5.74) is 0. The number of hydrogen-bond donors (Lipinski definition) is 0. The van der Waals surface area contributed by atoms with Gasteiger partial charge in [0.25, 0.3) is 0 Å². The summed E-state index contributed by atoms with van der Waals surface area (Å²) in [4.78, 5) is 38.2. The Balaban J connectivity index is 4.08. The van der Waals surface area contributed by atoms with Crippen molar-refractivity contribution < 1.29 is 28.6 Å². The van der Waals surface area contributed by atoms with Gasteiger partial charge in [0.1, 0.15) is 13.2 Å². The van der Waals surface area contributed by atoms with Crippen molar-refractivity contribution >= 4 is 17.9 Å². The van der Waals surface area contributed by atoms with Gasteiger partial charge in [0, 0.05) is 19.3 Å². The average molecular weight is 1090 g/mol. The van der Waals surface area contributed by atoms with Gasteiger partial charge in [0.15, 0.2) is 6.10 Å². The van der Waals surface area contributed by atoms with Crippen LogP contribution in [-0.2, 0) is 28.6 Å². The predicted octanol–water partition coefficient (Wildman–Crippen LogP) is 23.1. The van der Waals surface area contributed by atoms with Crippen LogP contribution in [0.5, 0.6) is 0 Å². The minimum absolute atomic E-state index is 0.0754. The van der Waals surface area contributed by atoms with Crippen molar-refractivity contribution in [3.8, 4) is 0 Å². The first-order chi connectivity index (χ1) is 38.5. The molecular weight excluding hydrogens is 961 g/mol. The lowest BCUT2D eigenvalue weighted by atomic mass is 10.0. The van der Waals surface area contributed by atoms with Crippen molar-refractivity contribution in [2.24, 2.45) is 0 Å². The van der Waals surface area contributed by atoms with Gasteiger partial charge >= 0.3 is 17.9 Å². The van der Waals surface area contributed by atoms with E-state index in [4.69, 9.17) is 14.2 Å². The third kappa shape index (κ3) is 63.4. The van der Waals surface area contributed by atoms with E-state index in [1.54, 1.807) is 0 Å². The van der Waals surface area contributed by atoms with E-state index >= 15 is 0 Å². The van der Waals surface area contributed by atoms with Crippen molar-refractivity contribution in [1.29, 1.82) is 0 Å². The Bertz CT molecular complexity index is 1480. The molecule has 78 heavy (non-hydrogen) atoms. The van der Waals surface area contributed by atoms with Gasteiger partial charge < -0.3 is 14.2 Å². The van der Waals surface area contributed by atoms with Gasteiger partial charge in [0.05, 0.1) is 0 Å². The van der Waals surface area contributed by atoms with Crippen molar-refractivity contribution in [2.45, 2.75) is 341 Å². The van der Waals surface area contributed by atoms with Crippen LogP contribution in [0.1, 0.15) is 335 Å². The smallest absolute Gasteiger partial charge is 0.306 e. The Kier molecular flexibility index (Phi) is 63.2. The first kappa shape index (κ1) is 74.6. The van der Waals surface area contributed by atoms with Crippen LogP contribution in [0.2, 0.25) is 0 Å². The van der Waals surface area contributed by atoms with Crippen molar-refractivity contribution in [2.75, 3.05) is 13.2 Å². The summed E-state index contributed by atoms with van der Waals surface area (Å²) >= 11 is 0. The van der Waals surface area contributed by atoms with Crippen LogP contribution in [0.4, 0.5) is 0 Å². The Hall–Kier alpha value is -3.41. The highest BCUT2D eigenvalue weighted by Gasteiger charge is 2.19. The van der Waals surface area contributed by atoms with Crippen molar-refractivity contribution in [3.05, 3.63) is 85.1 Å². The molecule has 0 aromatic carbocycles. The highest BCUT2D eigenvalue weighted by atomic mass is 16.6. The molecule has 0 radical (unpaired) electrons. The topological polar surface area (TPSA) is 78.9 Å². The molecule has 0 saturated heterocycles. The zero-order chi connectivity index (χ0) is 56.4. The summed E-state index contributed by atoms with van der Waals surface area (Å²) in [7, 11) is 0. The van der Waals surface area contributed by atoms with Gasteiger partial charge in [-0.25, -0.2) is 0 Å². The maximum Gasteiger partial charge on any atom is 0.306 e. The van der Waals surface area contributed by atoms with Crippen LogP contribution < -0.4 is 0 Å². The fourth-order valence-electron chi connectivity index (χ4n) is 9.69. The number of unbranched alkanes of at least 4 members (excludes halogenated alkanes) is 36. The molecule has 6 nitrogen and oxygen atoms in total. The molecule has 0 aromatic rings. The zero-order valence-corrected chi connectivity index (χ0v) is 51.7. The van der Waals surface area contributed by atoms with E-state index in [1.165, 1.54) is 186 Å². The van der Waals surface area contributed by atoms with Crippen molar-refractivity contribution in [1.82, 2.24) is 0 Å². The van der Waals surface area contributed by atoms with Gasteiger partial charge in [-0.1, -0.05) is 311 Å². The fraction of sp³-hybridized carbons (Fsp3) is 0.764. The van der Waals surface area contributed by atoms with E-state index in [0.717, 1.165) is 109 Å². The van der Waals surface area contributed by atoms with E-state index in [0.29, 0.717) is 19.3 Å². The Morgan fingerprint density at radius 2 is 0.500 bits per heavy atom. The molecule has 0 aliphatic heterocycles. The third-order valence-corrected chi connectivity index (χ3v) is 14.6. The average Bonchev–Trinajstić information content (AvgIpc) is 3.44. The number of rotatable bonds is 61. The summed E-state index contributed by atoms with van der Waals surface area (Å²) in [6, 6.07) is 0. The predicted molar refractivity (Wildman–Crippen MR) is 339 cm³/mol. The van der Waals surface area contributed by atoms with E-state index in [1.807, 2.05) is 0 Å². The molecule has 0 heterocycles. The first-order valence-electron chi connectivity index (χ1n) is 33.6. The molecule has 0 amide bonds. The molecule has 0 aliphatic carbocycles. The molecule has 0 fully saturated rings. The molecule has 0 rings (SSSR count). The second-order valence-corrected chi connectivity index (χ2v) is 22.3. The number of carbonyl (C=O) groups excluding carboxylic acids is 3. The molecule has 1 unspecified atom stereocenters. The molecular formula is C72H126O6. The van der Waals surface area contributed by atoms with Gasteiger partial charge in [-0.3, -0.25) is 14.4 Å². The minimum Gasteiger partial charge on any atom is -0.462 e. The van der Waals surface area contributed by atoms with Crippen LogP contribution in [-0.4, -0.2) is 37.2 Å². The summed E-state index contributed by atoms with van der Waals surface area (Å²) in [6.07, 6.45) is 87.6. The molecule has 0 spiro atoms. The van der Waals surface area contributed by atoms with Crippen LogP contribution in [0.3, 0.4) is 0 Å². The Morgan fingerprint density at radius 3 is 0.782 bits per heavy atom. The van der Waals surface area contributed by atoms with E-state index in [-0.39, 0.29) is 31.1 Å². The maximum atomic E-state index is 12.9. The molecule has 0 bridgehead atoms. The summed E-state index contributed by atoms with van der Waals surface area (Å²) < 4.78 is 16.9. The van der Waals surface area contributed by atoms with E-state index in [2.05, 4.69) is 106 Å². The SMILES string of the molecule is CC/C=C\C/C=C\C/C=C\C/C=C\CCCCCCCCCCCCCCCCCCCCCCC(=O)OCC(COC(=O)CCCCCCCCCCCC)OC(=O)CCCCCCCCC/C=C\C/C=C\C/C=C\CC. The third-order valence-electron chi connectivity index (χ3n) is 14.6. The van der Waals surface area contributed by atoms with Gasteiger partial charge in [-0.15, -0.1) is 0 Å². The fourth-order valence-corrected chi connectivity index (χ4v) is 9.69. The Morgan fingerprint density at radius 1 is 0.269 bits per heavy atom. The highest BCUT2D eigenvalue weighted by molar-refractivity contribution is 5.71. The lowest BCUT2D eigenvalue weighted by Gasteiger charge is -2.18. The molecule has 1 atom stereocenters. The number of esters is 3. The zero-order valence-electron chi connectivity index (χ0n) is 51.7. The first-order valence-corrected chi connectivity index (χ1v) is 33.6. The summed E-state index contributed by atoms with van der Waals surface area (Å²) in [5, 5.41) is 0. The molecule has 450 valence electrons. The largest absolute Gasteiger partial charge is 0.462 e. The number of hydrogen-bond acceptors (Lipinski definition) is 6. The normalized spacial score (nSPS) is 12.6. The van der Waals surface area contributed by atoms with Crippen LogP contribution in [0, 0.1) is 0 Å². The summed E-state index contributed by atoms with van der Waals surface area (Å²) in [6.45, 7) is 6.43. The van der Waals surface area contributed by atoms with Crippen molar-refractivity contribution in [3.63, 3.8) is 0 Å². The van der Waals surface area contributed by atoms with Gasteiger partial charge in [0.2, 0.25) is 0 Å². The minimum atomic E-state index is -0.778. The van der Waals surface area contributed by atoms with Gasteiger partial charge in [-0.05, 0) is 89.9 Å². The molecule has 6 heteroatoms. The van der Waals surface area contributed by atoms with E-state index in [9.17, 15) is 14.4 Å². The Labute approximate surface area is 484 Å². The van der Waals surface area contributed by atoms with Crippen LogP contribution in [0.15, 0.2) is 85.1 Å². The second-order valence-electron chi connectivity index (χ2n) is 22.3. The quantitative estimate of drug-likeness (QED) is 0.0261. The monoisotopic (exact) mass is 1090 g/mol. The second kappa shape index (κ2) is 66.1.